The predicted octanol–water partition coefficient (Wildman–Crippen LogP) is 5.96. The van der Waals surface area contributed by atoms with Gasteiger partial charge in [0.15, 0.2) is 4.32 Å². The first-order valence-electron chi connectivity index (χ1n) is 11.8. The number of non-ortho nitro benzene ring substituents is 1. The lowest BCUT2D eigenvalue weighted by Crippen LogP contribution is -2.57. The number of halogens is 1. The molecule has 1 aromatic carbocycles. The van der Waals surface area contributed by atoms with Gasteiger partial charge in [-0.15, -0.1) is 0 Å². The van der Waals surface area contributed by atoms with E-state index in [0.717, 1.165) is 31.0 Å². The third-order valence-electron chi connectivity index (χ3n) is 7.85. The fourth-order valence-corrected chi connectivity index (χ4v) is 8.06. The average molecular weight is 544 g/mol. The molecule has 2 heterocycles. The van der Waals surface area contributed by atoms with Crippen molar-refractivity contribution in [1.29, 1.82) is 0 Å². The Hall–Kier alpha value is -2.69. The summed E-state index contributed by atoms with van der Waals surface area (Å²) in [7, 11) is 0. The second-order valence-corrected chi connectivity index (χ2v) is 12.4. The van der Waals surface area contributed by atoms with Gasteiger partial charge in [-0.1, -0.05) is 23.4 Å². The summed E-state index contributed by atoms with van der Waals surface area (Å²) in [5.41, 5.74) is 2.71. The molecule has 7 rings (SSSR count). The molecule has 2 aromatic rings. The van der Waals surface area contributed by atoms with E-state index in [2.05, 4.69) is 5.43 Å². The van der Waals surface area contributed by atoms with Crippen LogP contribution in [0.25, 0.3) is 17.4 Å². The number of nitro groups is 1. The van der Waals surface area contributed by atoms with Gasteiger partial charge in [-0.2, -0.15) is 5.01 Å². The molecule has 1 aromatic heterocycles. The standard InChI is InChI=1S/C25H22ClN3O5S2/c26-19-3-1-16(29(32)33)8-18(19)20-4-2-17(34-20)9-21-22(30)28(24(35)36-21)27-23(31)25-10-13-5-14(11-25)7-15(6-13)12-25/h1-4,8-9,13-15H,5-7,10-12H2,(H,27,31)/b21-9+. The van der Waals surface area contributed by atoms with Crippen LogP contribution in [-0.2, 0) is 9.59 Å². The molecule has 4 bridgehead atoms. The zero-order valence-electron chi connectivity index (χ0n) is 19.1. The molecule has 1 N–H and O–H groups in total. The second-order valence-electron chi connectivity index (χ2n) is 10.3. The monoisotopic (exact) mass is 543 g/mol. The highest BCUT2D eigenvalue weighted by molar-refractivity contribution is 8.26. The minimum atomic E-state index is -0.507. The molecule has 1 aliphatic heterocycles. The Balaban J connectivity index is 1.19. The quantitative estimate of drug-likeness (QED) is 0.215. The van der Waals surface area contributed by atoms with Crippen molar-refractivity contribution in [1.82, 2.24) is 10.4 Å². The van der Waals surface area contributed by atoms with E-state index >= 15 is 0 Å². The summed E-state index contributed by atoms with van der Waals surface area (Å²) >= 11 is 12.7. The lowest BCUT2D eigenvalue weighted by Gasteiger charge is -2.55. The van der Waals surface area contributed by atoms with Crippen LogP contribution in [0, 0.1) is 33.3 Å². The molecule has 2 amide bonds. The number of nitrogens with zero attached hydrogens (tertiary/aromatic N) is 2. The first kappa shape index (κ1) is 23.7. The van der Waals surface area contributed by atoms with E-state index in [0.29, 0.717) is 44.8 Å². The third kappa shape index (κ3) is 4.05. The highest BCUT2D eigenvalue weighted by atomic mass is 35.5. The van der Waals surface area contributed by atoms with Gasteiger partial charge in [-0.3, -0.25) is 25.1 Å². The molecule has 0 radical (unpaired) electrons. The minimum absolute atomic E-state index is 0.0975. The average Bonchev–Trinajstić information content (AvgIpc) is 3.38. The van der Waals surface area contributed by atoms with Gasteiger partial charge in [0, 0.05) is 23.8 Å². The number of thioether (sulfide) groups is 1. The molecular formula is C25H22ClN3O5S2. The largest absolute Gasteiger partial charge is 0.457 e. The number of hydrogen-bond acceptors (Lipinski definition) is 7. The number of hydrogen-bond donors (Lipinski definition) is 1. The molecule has 36 heavy (non-hydrogen) atoms. The summed E-state index contributed by atoms with van der Waals surface area (Å²) in [6.45, 7) is 0. The van der Waals surface area contributed by atoms with Gasteiger partial charge in [0.1, 0.15) is 11.5 Å². The molecule has 0 spiro atoms. The minimum Gasteiger partial charge on any atom is -0.457 e. The fourth-order valence-electron chi connectivity index (χ4n) is 6.69. The van der Waals surface area contributed by atoms with Crippen molar-refractivity contribution in [3.05, 3.63) is 56.1 Å². The van der Waals surface area contributed by atoms with Gasteiger partial charge in [-0.25, -0.2) is 0 Å². The Bertz CT molecular complexity index is 1320. The number of carbonyl (C=O) groups is 2. The Morgan fingerprint density at radius 3 is 2.50 bits per heavy atom. The molecule has 4 aliphatic carbocycles. The van der Waals surface area contributed by atoms with Crippen LogP contribution in [0.5, 0.6) is 0 Å². The van der Waals surface area contributed by atoms with Crippen LogP contribution in [0.15, 0.2) is 39.7 Å². The van der Waals surface area contributed by atoms with Crippen LogP contribution in [0.2, 0.25) is 5.02 Å². The number of nitrogens with one attached hydrogen (secondary N) is 1. The first-order valence-corrected chi connectivity index (χ1v) is 13.4. The molecule has 4 saturated carbocycles. The number of hydrazine groups is 1. The lowest BCUT2D eigenvalue weighted by atomic mass is 9.49. The van der Waals surface area contributed by atoms with Crippen LogP contribution in [0.3, 0.4) is 0 Å². The van der Waals surface area contributed by atoms with Crippen LogP contribution in [0.1, 0.15) is 44.3 Å². The summed E-state index contributed by atoms with van der Waals surface area (Å²) in [5, 5.41) is 12.6. The van der Waals surface area contributed by atoms with Crippen LogP contribution >= 0.6 is 35.6 Å². The Kier molecular flexibility index (Phi) is 5.73. The fraction of sp³-hybridized carbons (Fsp3) is 0.400. The third-order valence-corrected chi connectivity index (χ3v) is 9.49. The molecule has 1 saturated heterocycles. The Morgan fingerprint density at radius 2 is 1.86 bits per heavy atom. The normalized spacial score (nSPS) is 29.9. The summed E-state index contributed by atoms with van der Waals surface area (Å²) in [5.74, 6) is 2.03. The van der Waals surface area contributed by atoms with Gasteiger partial charge in [0.2, 0.25) is 5.91 Å². The van der Waals surface area contributed by atoms with Crippen LogP contribution in [0.4, 0.5) is 5.69 Å². The number of furan rings is 1. The number of carbonyl (C=O) groups excluding carboxylic acids is 2. The maximum atomic E-state index is 13.4. The number of amides is 2. The van der Waals surface area contributed by atoms with E-state index in [1.54, 1.807) is 18.2 Å². The van der Waals surface area contributed by atoms with E-state index in [4.69, 9.17) is 28.2 Å². The lowest BCUT2D eigenvalue weighted by molar-refractivity contribution is -0.384. The number of nitro benzene ring substituents is 1. The van der Waals surface area contributed by atoms with Gasteiger partial charge in [0.05, 0.1) is 20.3 Å². The van der Waals surface area contributed by atoms with Crippen molar-refractivity contribution in [3.63, 3.8) is 0 Å². The highest BCUT2D eigenvalue weighted by Gasteiger charge is 2.55. The van der Waals surface area contributed by atoms with Crippen LogP contribution < -0.4 is 5.43 Å². The number of rotatable bonds is 5. The molecule has 5 aliphatic rings. The van der Waals surface area contributed by atoms with Gasteiger partial charge in [-0.05, 0) is 86.7 Å². The topological polar surface area (TPSA) is 106 Å². The predicted molar refractivity (Wildman–Crippen MR) is 140 cm³/mol. The van der Waals surface area contributed by atoms with Crippen molar-refractivity contribution < 1.29 is 18.9 Å². The summed E-state index contributed by atoms with van der Waals surface area (Å²) < 4.78 is 6.08. The van der Waals surface area contributed by atoms with E-state index < -0.39 is 16.2 Å². The SMILES string of the molecule is O=C1/C(=C\c2ccc(-c3cc([N+](=O)[O-])ccc3Cl)o2)SC(=S)N1NC(=O)C12CC3CC(CC(C3)C1)C2. The van der Waals surface area contributed by atoms with E-state index in [1.807, 2.05) is 0 Å². The number of thiocarbonyl (C=S) groups is 1. The molecule has 8 nitrogen and oxygen atoms in total. The molecule has 11 heteroatoms. The maximum Gasteiger partial charge on any atom is 0.285 e. The molecule has 0 atom stereocenters. The van der Waals surface area contributed by atoms with Crippen molar-refractivity contribution >= 4 is 63.5 Å². The van der Waals surface area contributed by atoms with E-state index in [-0.39, 0.29) is 15.9 Å². The zero-order chi connectivity index (χ0) is 25.2. The molecule has 186 valence electrons. The van der Waals surface area contributed by atoms with Gasteiger partial charge in [0.25, 0.3) is 11.6 Å². The van der Waals surface area contributed by atoms with Crippen molar-refractivity contribution in [2.45, 2.75) is 38.5 Å². The summed E-state index contributed by atoms with van der Waals surface area (Å²) in [4.78, 5) is 37.5. The van der Waals surface area contributed by atoms with Crippen molar-refractivity contribution in [2.24, 2.45) is 23.2 Å². The number of benzene rings is 1. The van der Waals surface area contributed by atoms with Crippen molar-refractivity contribution in [3.8, 4) is 11.3 Å². The molecule has 5 fully saturated rings. The van der Waals surface area contributed by atoms with Gasteiger partial charge >= 0.3 is 0 Å². The van der Waals surface area contributed by atoms with E-state index in [9.17, 15) is 19.7 Å². The zero-order valence-corrected chi connectivity index (χ0v) is 21.5. The maximum absolute atomic E-state index is 13.4. The Labute approximate surface area is 221 Å². The molecule has 0 unspecified atom stereocenters. The smallest absolute Gasteiger partial charge is 0.285 e. The van der Waals surface area contributed by atoms with Gasteiger partial charge < -0.3 is 4.42 Å². The first-order chi connectivity index (χ1) is 17.2. The molecular weight excluding hydrogens is 522 g/mol. The second kappa shape index (κ2) is 8.71. The summed E-state index contributed by atoms with van der Waals surface area (Å²) in [6, 6.07) is 7.37. The van der Waals surface area contributed by atoms with E-state index in [1.165, 1.54) is 42.5 Å². The summed E-state index contributed by atoms with van der Waals surface area (Å²) in [6.07, 6.45) is 7.90. The highest BCUT2D eigenvalue weighted by Crippen LogP contribution is 2.60. The Morgan fingerprint density at radius 1 is 1.19 bits per heavy atom. The van der Waals surface area contributed by atoms with Crippen molar-refractivity contribution in [2.75, 3.05) is 0 Å². The van der Waals surface area contributed by atoms with Crippen LogP contribution in [-0.4, -0.2) is 26.1 Å².